The van der Waals surface area contributed by atoms with E-state index in [2.05, 4.69) is 15.3 Å². The van der Waals surface area contributed by atoms with Gasteiger partial charge in [-0.05, 0) is 64.0 Å². The minimum atomic E-state index is -1.22. The van der Waals surface area contributed by atoms with Crippen LogP contribution in [0.1, 0.15) is 46.1 Å². The molecule has 1 aromatic rings. The second-order valence-electron chi connectivity index (χ2n) is 9.12. The molecular formula is C21H31BN4O4. The first-order valence-corrected chi connectivity index (χ1v) is 10.5. The Bertz CT molecular complexity index is 781. The Morgan fingerprint density at radius 3 is 2.57 bits per heavy atom. The van der Waals surface area contributed by atoms with E-state index in [1.54, 1.807) is 0 Å². The Labute approximate surface area is 178 Å². The van der Waals surface area contributed by atoms with Gasteiger partial charge < -0.3 is 19.4 Å². The van der Waals surface area contributed by atoms with E-state index in [4.69, 9.17) is 19.6 Å². The third-order valence-corrected chi connectivity index (χ3v) is 6.54. The minimum Gasteiger partial charge on any atom is -0.460 e. The molecule has 2 fully saturated rings. The number of hydrogen-bond acceptors (Lipinski definition) is 6. The van der Waals surface area contributed by atoms with Crippen LogP contribution < -0.4 is 5.32 Å². The normalized spacial score (nSPS) is 26.9. The van der Waals surface area contributed by atoms with Crippen molar-refractivity contribution in [2.75, 3.05) is 13.1 Å². The molecule has 0 spiro atoms. The summed E-state index contributed by atoms with van der Waals surface area (Å²) in [4.78, 5) is 15.9. The van der Waals surface area contributed by atoms with Crippen molar-refractivity contribution in [2.45, 2.75) is 70.2 Å². The van der Waals surface area contributed by atoms with Gasteiger partial charge in [-0.2, -0.15) is 0 Å². The highest BCUT2D eigenvalue weighted by atomic mass is 16.7. The summed E-state index contributed by atoms with van der Waals surface area (Å²) in [7, 11) is -0.275. The Kier molecular flexibility index (Phi) is 6.77. The number of carbonyl (C=O) groups is 1. The van der Waals surface area contributed by atoms with E-state index >= 15 is 0 Å². The molecule has 0 aliphatic carbocycles. The first-order chi connectivity index (χ1) is 14.2. The zero-order valence-corrected chi connectivity index (χ0v) is 18.3. The number of ether oxygens (including phenoxy) is 1. The van der Waals surface area contributed by atoms with E-state index in [9.17, 15) is 4.79 Å². The molecule has 3 rings (SSSR count). The second-order valence-corrected chi connectivity index (χ2v) is 9.12. The lowest BCUT2D eigenvalue weighted by Crippen LogP contribution is -2.45. The summed E-state index contributed by atoms with van der Waals surface area (Å²) in [6, 6.07) is 9.47. The van der Waals surface area contributed by atoms with Gasteiger partial charge in [0.2, 0.25) is 0 Å². The molecule has 2 saturated heterocycles. The van der Waals surface area contributed by atoms with Crippen molar-refractivity contribution in [3.8, 4) is 0 Å². The summed E-state index contributed by atoms with van der Waals surface area (Å²) in [5, 5.41) is 7.13. The summed E-state index contributed by atoms with van der Waals surface area (Å²) < 4.78 is 17.6. The molecule has 2 atom stereocenters. The largest absolute Gasteiger partial charge is 0.460 e. The van der Waals surface area contributed by atoms with Crippen LogP contribution in [0, 0.1) is 5.92 Å². The fraction of sp³-hybridized carbons (Fsp3) is 0.667. The molecule has 8 nitrogen and oxygen atoms in total. The standard InChI is InChI=1S/C21H31BN4O4/c1-19(2)20(3,4)30-22(29-19)12-8-11-17-13-24-15-21(17,25-26-23)18(27)28-14-16-9-6-5-7-10-16/h5-7,9-10,17,24H,8,11-15H2,1-4H3/t17-,21?/m0/s1. The Morgan fingerprint density at radius 1 is 1.27 bits per heavy atom. The molecule has 1 unspecified atom stereocenters. The molecule has 0 amide bonds. The van der Waals surface area contributed by atoms with Crippen LogP contribution in [-0.4, -0.2) is 42.9 Å². The lowest BCUT2D eigenvalue weighted by Gasteiger charge is -2.32. The van der Waals surface area contributed by atoms with Crippen molar-refractivity contribution in [1.82, 2.24) is 5.32 Å². The average Bonchev–Trinajstić information content (AvgIpc) is 3.18. The molecule has 2 heterocycles. The van der Waals surface area contributed by atoms with Gasteiger partial charge in [0.25, 0.3) is 0 Å². The summed E-state index contributed by atoms with van der Waals surface area (Å²) >= 11 is 0. The first kappa shape index (κ1) is 22.6. The van der Waals surface area contributed by atoms with Crippen LogP contribution in [0.25, 0.3) is 10.4 Å². The van der Waals surface area contributed by atoms with Crippen molar-refractivity contribution in [3.05, 3.63) is 46.3 Å². The monoisotopic (exact) mass is 414 g/mol. The second kappa shape index (κ2) is 8.98. The van der Waals surface area contributed by atoms with Crippen LogP contribution in [0.15, 0.2) is 35.4 Å². The van der Waals surface area contributed by atoms with Gasteiger partial charge in [-0.3, -0.25) is 4.79 Å². The van der Waals surface area contributed by atoms with Crippen LogP contribution in [0.3, 0.4) is 0 Å². The average molecular weight is 414 g/mol. The smallest absolute Gasteiger partial charge is 0.457 e. The summed E-state index contributed by atoms with van der Waals surface area (Å²) in [6.07, 6.45) is 2.21. The molecule has 2 aliphatic heterocycles. The molecule has 0 bridgehead atoms. The maximum atomic E-state index is 13.0. The molecule has 1 N–H and O–H groups in total. The van der Waals surface area contributed by atoms with Gasteiger partial charge in [-0.1, -0.05) is 41.9 Å². The lowest BCUT2D eigenvalue weighted by atomic mass is 9.78. The number of azide groups is 1. The van der Waals surface area contributed by atoms with Gasteiger partial charge in [0.05, 0.1) is 11.2 Å². The third-order valence-electron chi connectivity index (χ3n) is 6.54. The van der Waals surface area contributed by atoms with E-state index < -0.39 is 11.5 Å². The fourth-order valence-corrected chi connectivity index (χ4v) is 4.03. The first-order valence-electron chi connectivity index (χ1n) is 10.5. The Morgan fingerprint density at radius 2 is 1.93 bits per heavy atom. The Balaban J connectivity index is 1.59. The van der Waals surface area contributed by atoms with Gasteiger partial charge in [-0.15, -0.1) is 0 Å². The highest BCUT2D eigenvalue weighted by Gasteiger charge is 2.52. The van der Waals surface area contributed by atoms with E-state index in [-0.39, 0.29) is 37.4 Å². The number of nitrogens with one attached hydrogen (secondary N) is 1. The van der Waals surface area contributed by atoms with E-state index in [0.29, 0.717) is 13.0 Å². The molecule has 0 aromatic heterocycles. The molecule has 162 valence electrons. The van der Waals surface area contributed by atoms with Crippen LogP contribution in [0.2, 0.25) is 6.32 Å². The van der Waals surface area contributed by atoms with Crippen LogP contribution >= 0.6 is 0 Å². The lowest BCUT2D eigenvalue weighted by molar-refractivity contribution is -0.152. The van der Waals surface area contributed by atoms with Crippen LogP contribution in [0.4, 0.5) is 0 Å². The molecule has 9 heteroatoms. The zero-order valence-electron chi connectivity index (χ0n) is 18.3. The van der Waals surface area contributed by atoms with Crippen molar-refractivity contribution in [3.63, 3.8) is 0 Å². The summed E-state index contributed by atoms with van der Waals surface area (Å²) in [5.41, 5.74) is 8.09. The predicted molar refractivity (Wildman–Crippen MR) is 115 cm³/mol. The predicted octanol–water partition coefficient (Wildman–Crippen LogP) is 3.87. The maximum absolute atomic E-state index is 13.0. The highest BCUT2D eigenvalue weighted by molar-refractivity contribution is 6.45. The van der Waals surface area contributed by atoms with Gasteiger partial charge in [0.15, 0.2) is 5.54 Å². The zero-order chi connectivity index (χ0) is 21.8. The number of carbonyl (C=O) groups excluding carboxylic acids is 1. The van der Waals surface area contributed by atoms with Gasteiger partial charge >= 0.3 is 13.1 Å². The minimum absolute atomic E-state index is 0.140. The number of benzene rings is 1. The van der Waals surface area contributed by atoms with Crippen molar-refractivity contribution in [2.24, 2.45) is 11.0 Å². The molecular weight excluding hydrogens is 383 g/mol. The molecule has 0 saturated carbocycles. The molecule has 2 aliphatic rings. The van der Waals surface area contributed by atoms with Crippen LogP contribution in [-0.2, 0) is 25.4 Å². The van der Waals surface area contributed by atoms with E-state index in [1.807, 2.05) is 58.0 Å². The van der Waals surface area contributed by atoms with Gasteiger partial charge in [0.1, 0.15) is 6.61 Å². The summed E-state index contributed by atoms with van der Waals surface area (Å²) in [5.74, 6) is -0.617. The van der Waals surface area contributed by atoms with Crippen molar-refractivity contribution < 1.29 is 18.8 Å². The van der Waals surface area contributed by atoms with Crippen LogP contribution in [0.5, 0.6) is 0 Å². The topological polar surface area (TPSA) is 106 Å². The number of rotatable bonds is 8. The summed E-state index contributed by atoms with van der Waals surface area (Å²) in [6.45, 7) is 9.16. The van der Waals surface area contributed by atoms with Crippen molar-refractivity contribution in [1.29, 1.82) is 0 Å². The third kappa shape index (κ3) is 4.65. The number of esters is 1. The Hall–Kier alpha value is -2.06. The fourth-order valence-electron chi connectivity index (χ4n) is 4.03. The van der Waals surface area contributed by atoms with E-state index in [0.717, 1.165) is 18.3 Å². The molecule has 0 radical (unpaired) electrons. The highest BCUT2D eigenvalue weighted by Crippen LogP contribution is 2.39. The quantitative estimate of drug-likeness (QED) is 0.229. The molecule has 1 aromatic carbocycles. The van der Waals surface area contributed by atoms with Gasteiger partial charge in [0, 0.05) is 11.5 Å². The van der Waals surface area contributed by atoms with Gasteiger partial charge in [-0.25, -0.2) is 0 Å². The number of hydrogen-bond donors (Lipinski definition) is 1. The SMILES string of the molecule is CC1(C)OB(CCC[C@H]2CNCC2(N=[N+]=[N-])C(=O)OCc2ccccc2)OC1(C)C. The van der Waals surface area contributed by atoms with E-state index in [1.165, 1.54) is 0 Å². The van der Waals surface area contributed by atoms with Crippen molar-refractivity contribution >= 4 is 13.1 Å². The maximum Gasteiger partial charge on any atom is 0.457 e. The number of nitrogens with zero attached hydrogens (tertiary/aromatic N) is 3. The molecule has 30 heavy (non-hydrogen) atoms.